The Morgan fingerprint density at radius 3 is 1.62 bits per heavy atom. The van der Waals surface area contributed by atoms with Crippen molar-refractivity contribution in [1.82, 2.24) is 9.13 Å². The molecule has 0 aliphatic heterocycles. The molecular weight excluding hydrogens is 629 g/mol. The fourth-order valence-electron chi connectivity index (χ4n) is 8.63. The second-order valence-corrected chi connectivity index (χ2v) is 13.7. The first-order chi connectivity index (χ1) is 25.8. The average Bonchev–Trinajstić information content (AvgIpc) is 3.76. The summed E-state index contributed by atoms with van der Waals surface area (Å²) in [6.07, 6.45) is 0. The van der Waals surface area contributed by atoms with E-state index in [-0.39, 0.29) is 0 Å². The molecule has 0 atom stereocenters. The van der Waals surface area contributed by atoms with Crippen LogP contribution in [0.5, 0.6) is 0 Å². The quantitative estimate of drug-likeness (QED) is 0.178. The lowest BCUT2D eigenvalue weighted by molar-refractivity contribution is 1.18. The standard InChI is InChI=1S/C50H32N2/c1-3-14-33(15-4-1)35-26-29-38(30-27-35)51-44-25-12-11-24-43(44)48-49(51)42-23-10-9-22-41(42)47-46-40-21-8-7-18-36(40)28-31-45(46)52(50(47)48)39-20-13-19-37(32-39)34-16-5-2-6-17-34/h1-32H. The summed E-state index contributed by atoms with van der Waals surface area (Å²) in [4.78, 5) is 0. The van der Waals surface area contributed by atoms with Crippen LogP contribution < -0.4 is 0 Å². The first-order valence-electron chi connectivity index (χ1n) is 17.9. The van der Waals surface area contributed by atoms with Crippen LogP contribution in [0.3, 0.4) is 0 Å². The van der Waals surface area contributed by atoms with E-state index >= 15 is 0 Å². The van der Waals surface area contributed by atoms with Crippen molar-refractivity contribution in [2.45, 2.75) is 0 Å². The number of para-hydroxylation sites is 1. The summed E-state index contributed by atoms with van der Waals surface area (Å²) >= 11 is 0. The molecule has 52 heavy (non-hydrogen) atoms. The van der Waals surface area contributed by atoms with Crippen LogP contribution in [-0.4, -0.2) is 9.13 Å². The summed E-state index contributed by atoms with van der Waals surface area (Å²) in [7, 11) is 0. The van der Waals surface area contributed by atoms with Crippen LogP contribution in [0.2, 0.25) is 0 Å². The van der Waals surface area contributed by atoms with Gasteiger partial charge in [-0.25, -0.2) is 0 Å². The number of hydrogen-bond acceptors (Lipinski definition) is 0. The second-order valence-electron chi connectivity index (χ2n) is 13.7. The summed E-state index contributed by atoms with van der Waals surface area (Å²) in [5.41, 5.74) is 12.0. The van der Waals surface area contributed by atoms with Crippen molar-refractivity contribution >= 4 is 65.2 Å². The van der Waals surface area contributed by atoms with E-state index in [2.05, 4.69) is 203 Å². The molecule has 0 saturated heterocycles. The van der Waals surface area contributed by atoms with E-state index in [9.17, 15) is 0 Å². The van der Waals surface area contributed by atoms with Crippen LogP contribution >= 0.6 is 0 Å². The number of nitrogens with zero attached hydrogens (tertiary/aromatic N) is 2. The van der Waals surface area contributed by atoms with Crippen LogP contribution in [-0.2, 0) is 0 Å². The molecule has 11 rings (SSSR count). The van der Waals surface area contributed by atoms with E-state index < -0.39 is 0 Å². The molecule has 0 spiro atoms. The Labute approximate surface area is 301 Å². The number of aromatic nitrogens is 2. The fourth-order valence-corrected chi connectivity index (χ4v) is 8.63. The van der Waals surface area contributed by atoms with Crippen LogP contribution in [0, 0.1) is 0 Å². The van der Waals surface area contributed by atoms with Gasteiger partial charge in [-0.15, -0.1) is 0 Å². The summed E-state index contributed by atoms with van der Waals surface area (Å²) in [6.45, 7) is 0. The highest BCUT2D eigenvalue weighted by atomic mass is 15.0. The van der Waals surface area contributed by atoms with Gasteiger partial charge in [0.1, 0.15) is 0 Å². The molecule has 0 fully saturated rings. The lowest BCUT2D eigenvalue weighted by atomic mass is 9.97. The van der Waals surface area contributed by atoms with Gasteiger partial charge in [0.05, 0.1) is 22.1 Å². The Balaban J connectivity index is 1.34. The van der Waals surface area contributed by atoms with Crippen LogP contribution in [0.4, 0.5) is 0 Å². The van der Waals surface area contributed by atoms with Crippen molar-refractivity contribution in [2.24, 2.45) is 0 Å². The third-order valence-electron chi connectivity index (χ3n) is 10.9. The third-order valence-corrected chi connectivity index (χ3v) is 10.9. The molecule has 242 valence electrons. The zero-order valence-electron chi connectivity index (χ0n) is 28.4. The van der Waals surface area contributed by atoms with Gasteiger partial charge in [-0.1, -0.05) is 158 Å². The molecule has 2 nitrogen and oxygen atoms in total. The van der Waals surface area contributed by atoms with E-state index in [0.717, 1.165) is 11.4 Å². The number of benzene rings is 9. The Hall–Kier alpha value is -6.90. The van der Waals surface area contributed by atoms with Crippen molar-refractivity contribution < 1.29 is 0 Å². The number of fused-ring (bicyclic) bond motifs is 12. The fraction of sp³-hybridized carbons (Fsp3) is 0. The topological polar surface area (TPSA) is 9.86 Å². The van der Waals surface area contributed by atoms with Gasteiger partial charge in [-0.3, -0.25) is 0 Å². The number of hydrogen-bond donors (Lipinski definition) is 0. The average molecular weight is 661 g/mol. The largest absolute Gasteiger partial charge is 0.309 e. The van der Waals surface area contributed by atoms with E-state index in [1.165, 1.54) is 87.4 Å². The monoisotopic (exact) mass is 660 g/mol. The first kappa shape index (κ1) is 28.9. The van der Waals surface area contributed by atoms with Gasteiger partial charge in [0.15, 0.2) is 0 Å². The minimum atomic E-state index is 1.15. The highest BCUT2D eigenvalue weighted by Gasteiger charge is 2.25. The maximum atomic E-state index is 2.54. The third kappa shape index (κ3) is 4.19. The lowest BCUT2D eigenvalue weighted by Gasteiger charge is -2.14. The zero-order chi connectivity index (χ0) is 34.2. The van der Waals surface area contributed by atoms with Crippen molar-refractivity contribution in [2.75, 3.05) is 0 Å². The van der Waals surface area contributed by atoms with Gasteiger partial charge < -0.3 is 9.13 Å². The van der Waals surface area contributed by atoms with Gasteiger partial charge in [0, 0.05) is 38.3 Å². The predicted octanol–water partition coefficient (Wildman–Crippen LogP) is 13.5. The molecular formula is C50H32N2. The Morgan fingerprint density at radius 1 is 0.269 bits per heavy atom. The highest BCUT2D eigenvalue weighted by molar-refractivity contribution is 6.39. The number of rotatable bonds is 4. The molecule has 0 aliphatic rings. The van der Waals surface area contributed by atoms with Gasteiger partial charge in [0.25, 0.3) is 0 Å². The maximum absolute atomic E-state index is 2.54. The smallest absolute Gasteiger partial charge is 0.0648 e. The molecule has 0 N–H and O–H groups in total. The van der Waals surface area contributed by atoms with Gasteiger partial charge in [-0.05, 0) is 74.8 Å². The molecule has 0 saturated carbocycles. The minimum absolute atomic E-state index is 1.15. The van der Waals surface area contributed by atoms with Crippen LogP contribution in [0.15, 0.2) is 194 Å². The molecule has 11 aromatic rings. The summed E-state index contributed by atoms with van der Waals surface area (Å²) in [6, 6.07) is 70.8. The summed E-state index contributed by atoms with van der Waals surface area (Å²) < 4.78 is 5.02. The molecule has 0 radical (unpaired) electrons. The molecule has 0 bridgehead atoms. The summed E-state index contributed by atoms with van der Waals surface area (Å²) in [5, 5.41) is 10.1. The van der Waals surface area contributed by atoms with E-state index in [0.29, 0.717) is 0 Å². The van der Waals surface area contributed by atoms with E-state index in [4.69, 9.17) is 0 Å². The Morgan fingerprint density at radius 2 is 0.846 bits per heavy atom. The van der Waals surface area contributed by atoms with E-state index in [1.54, 1.807) is 0 Å². The molecule has 2 aromatic heterocycles. The summed E-state index contributed by atoms with van der Waals surface area (Å²) in [5.74, 6) is 0. The van der Waals surface area contributed by atoms with Gasteiger partial charge >= 0.3 is 0 Å². The van der Waals surface area contributed by atoms with Crippen LogP contribution in [0.25, 0.3) is 98.8 Å². The van der Waals surface area contributed by atoms with Gasteiger partial charge in [0.2, 0.25) is 0 Å². The zero-order valence-corrected chi connectivity index (χ0v) is 28.4. The van der Waals surface area contributed by atoms with Crippen molar-refractivity contribution in [1.29, 1.82) is 0 Å². The van der Waals surface area contributed by atoms with Crippen molar-refractivity contribution in [3.05, 3.63) is 194 Å². The Kier molecular flexibility index (Phi) is 6.28. The predicted molar refractivity (Wildman–Crippen MR) is 221 cm³/mol. The van der Waals surface area contributed by atoms with E-state index in [1.807, 2.05) is 0 Å². The maximum Gasteiger partial charge on any atom is 0.0648 e. The van der Waals surface area contributed by atoms with Crippen LogP contribution in [0.1, 0.15) is 0 Å². The minimum Gasteiger partial charge on any atom is -0.309 e. The molecule has 9 aromatic carbocycles. The molecule has 2 heterocycles. The van der Waals surface area contributed by atoms with Crippen molar-refractivity contribution in [3.63, 3.8) is 0 Å². The second kappa shape index (κ2) is 11.3. The lowest BCUT2D eigenvalue weighted by Crippen LogP contribution is -1.97. The van der Waals surface area contributed by atoms with Crippen molar-refractivity contribution in [3.8, 4) is 33.6 Å². The molecule has 0 unspecified atom stereocenters. The highest BCUT2D eigenvalue weighted by Crippen LogP contribution is 2.48. The molecule has 0 amide bonds. The molecule has 2 heteroatoms. The van der Waals surface area contributed by atoms with Gasteiger partial charge in [-0.2, -0.15) is 0 Å². The normalized spacial score (nSPS) is 11.8. The SMILES string of the molecule is c1ccc(-c2ccc(-n3c4ccccc4c4c3c3ccccc3c3c5c6ccccc6ccc5n(-c5cccc(-c6ccccc6)c5)c34)cc2)cc1. The first-order valence-corrected chi connectivity index (χ1v) is 17.9. The Bertz CT molecular complexity index is 3150. The molecule has 0 aliphatic carbocycles.